The molecule has 1 fully saturated rings. The van der Waals surface area contributed by atoms with Crippen molar-refractivity contribution >= 4 is 5.97 Å². The summed E-state index contributed by atoms with van der Waals surface area (Å²) in [7, 11) is 1.41. The van der Waals surface area contributed by atoms with Crippen LogP contribution < -0.4 is 0 Å². The highest BCUT2D eigenvalue weighted by Crippen LogP contribution is 2.47. The summed E-state index contributed by atoms with van der Waals surface area (Å²) in [6.45, 7) is 6.28. The van der Waals surface area contributed by atoms with E-state index < -0.39 is 5.41 Å². The van der Waals surface area contributed by atoms with E-state index in [4.69, 9.17) is 4.74 Å². The molecule has 0 aliphatic heterocycles. The number of rotatable bonds is 2. The molecule has 1 saturated carbocycles. The van der Waals surface area contributed by atoms with Gasteiger partial charge in [-0.25, -0.2) is 9.97 Å². The predicted octanol–water partition coefficient (Wildman–Crippen LogP) is 1.98. The van der Waals surface area contributed by atoms with Gasteiger partial charge in [-0.3, -0.25) is 4.79 Å². The molecule has 0 aromatic carbocycles. The molecule has 0 atom stereocenters. The molecular weight excluding hydrogens is 216 g/mol. The lowest BCUT2D eigenvalue weighted by atomic mass is 9.91. The number of esters is 1. The van der Waals surface area contributed by atoms with Gasteiger partial charge >= 0.3 is 5.97 Å². The fraction of sp³-hybridized carbons (Fsp3) is 0.615. The molecule has 1 aliphatic rings. The first-order valence-corrected chi connectivity index (χ1v) is 5.82. The third-order valence-corrected chi connectivity index (χ3v) is 3.18. The first kappa shape index (κ1) is 12.0. The van der Waals surface area contributed by atoms with Crippen molar-refractivity contribution in [1.29, 1.82) is 0 Å². The van der Waals surface area contributed by atoms with E-state index in [1.807, 2.05) is 6.07 Å². The summed E-state index contributed by atoms with van der Waals surface area (Å²) in [5.74, 6) is 0.389. The van der Waals surface area contributed by atoms with Crippen molar-refractivity contribution in [3.8, 4) is 0 Å². The second kappa shape index (κ2) is 3.79. The van der Waals surface area contributed by atoms with Gasteiger partial charge in [-0.15, -0.1) is 0 Å². The predicted molar refractivity (Wildman–Crippen MR) is 63.7 cm³/mol. The summed E-state index contributed by atoms with van der Waals surface area (Å²) in [6, 6.07) is 1.90. The summed E-state index contributed by atoms with van der Waals surface area (Å²) in [5.41, 5.74) is 0.345. The molecule has 17 heavy (non-hydrogen) atoms. The highest BCUT2D eigenvalue weighted by atomic mass is 16.5. The lowest BCUT2D eigenvalue weighted by molar-refractivity contribution is -0.143. The number of carbonyl (C=O) groups excluding carboxylic acids is 1. The Morgan fingerprint density at radius 1 is 1.41 bits per heavy atom. The van der Waals surface area contributed by atoms with Crippen molar-refractivity contribution in [1.82, 2.24) is 9.97 Å². The number of aromatic nitrogens is 2. The van der Waals surface area contributed by atoms with Gasteiger partial charge in [0.1, 0.15) is 11.2 Å². The molecule has 2 rings (SSSR count). The second-order valence-corrected chi connectivity index (χ2v) is 5.59. The average molecular weight is 234 g/mol. The number of ether oxygens (including phenoxy) is 1. The monoisotopic (exact) mass is 234 g/mol. The standard InChI is InChI=1S/C13H18N2O2/c1-12(2,3)9-5-8-14-10(15-9)13(6-7-13)11(16)17-4/h5,8H,6-7H2,1-4H3. The highest BCUT2D eigenvalue weighted by molar-refractivity contribution is 5.85. The van der Waals surface area contributed by atoms with Gasteiger partial charge in [0, 0.05) is 17.3 Å². The highest BCUT2D eigenvalue weighted by Gasteiger charge is 2.55. The number of hydrogen-bond donors (Lipinski definition) is 0. The number of nitrogens with zero attached hydrogens (tertiary/aromatic N) is 2. The van der Waals surface area contributed by atoms with E-state index in [9.17, 15) is 4.79 Å². The van der Waals surface area contributed by atoms with Crippen molar-refractivity contribution < 1.29 is 9.53 Å². The molecule has 1 aliphatic carbocycles. The molecule has 0 N–H and O–H groups in total. The molecular formula is C13H18N2O2. The minimum absolute atomic E-state index is 0.0378. The summed E-state index contributed by atoms with van der Waals surface area (Å²) in [5, 5.41) is 0. The van der Waals surface area contributed by atoms with Gasteiger partial charge in [-0.2, -0.15) is 0 Å². The fourth-order valence-electron chi connectivity index (χ4n) is 1.85. The van der Waals surface area contributed by atoms with Gasteiger partial charge in [-0.1, -0.05) is 20.8 Å². The Morgan fingerprint density at radius 3 is 2.53 bits per heavy atom. The summed E-state index contributed by atoms with van der Waals surface area (Å²) in [4.78, 5) is 20.5. The lowest BCUT2D eigenvalue weighted by Crippen LogP contribution is -2.26. The first-order valence-electron chi connectivity index (χ1n) is 5.82. The van der Waals surface area contributed by atoms with Crippen molar-refractivity contribution in [2.45, 2.75) is 44.4 Å². The molecule has 1 aromatic rings. The van der Waals surface area contributed by atoms with E-state index in [0.717, 1.165) is 18.5 Å². The molecule has 4 nitrogen and oxygen atoms in total. The maximum Gasteiger partial charge on any atom is 0.319 e. The molecule has 0 saturated heterocycles. The van der Waals surface area contributed by atoms with E-state index >= 15 is 0 Å². The van der Waals surface area contributed by atoms with Gasteiger partial charge < -0.3 is 4.74 Å². The Hall–Kier alpha value is -1.45. The smallest absolute Gasteiger partial charge is 0.319 e. The zero-order valence-electron chi connectivity index (χ0n) is 10.8. The van der Waals surface area contributed by atoms with Crippen LogP contribution in [0.15, 0.2) is 12.3 Å². The molecule has 0 spiro atoms. The molecule has 0 unspecified atom stereocenters. The Balaban J connectivity index is 2.38. The van der Waals surface area contributed by atoms with E-state index in [2.05, 4.69) is 30.7 Å². The van der Waals surface area contributed by atoms with Gasteiger partial charge in [-0.05, 0) is 18.9 Å². The lowest BCUT2D eigenvalue weighted by Gasteiger charge is -2.19. The van der Waals surface area contributed by atoms with Crippen LogP contribution in [-0.2, 0) is 20.4 Å². The van der Waals surface area contributed by atoms with Crippen LogP contribution >= 0.6 is 0 Å². The normalized spacial score (nSPS) is 17.6. The van der Waals surface area contributed by atoms with Crippen LogP contribution in [0.3, 0.4) is 0 Å². The Kier molecular flexibility index (Phi) is 2.68. The third kappa shape index (κ3) is 2.04. The fourth-order valence-corrected chi connectivity index (χ4v) is 1.85. The van der Waals surface area contributed by atoms with Crippen molar-refractivity contribution in [3.63, 3.8) is 0 Å². The van der Waals surface area contributed by atoms with Crippen LogP contribution in [0.1, 0.15) is 45.1 Å². The third-order valence-electron chi connectivity index (χ3n) is 3.18. The number of methoxy groups -OCH3 is 1. The average Bonchev–Trinajstić information content (AvgIpc) is 3.08. The summed E-state index contributed by atoms with van der Waals surface area (Å²) >= 11 is 0. The van der Waals surface area contributed by atoms with Crippen LogP contribution in [0.5, 0.6) is 0 Å². The molecule has 0 amide bonds. The summed E-state index contributed by atoms with van der Waals surface area (Å²) in [6.07, 6.45) is 3.30. The number of carbonyl (C=O) groups is 1. The van der Waals surface area contributed by atoms with Gasteiger partial charge in [0.15, 0.2) is 0 Å². The SMILES string of the molecule is COC(=O)C1(c2nccc(C(C)(C)C)n2)CC1. The maximum atomic E-state index is 11.8. The quantitative estimate of drug-likeness (QED) is 0.734. The zero-order chi connectivity index (χ0) is 12.7. The molecule has 92 valence electrons. The Morgan fingerprint density at radius 2 is 2.06 bits per heavy atom. The Bertz CT molecular complexity index is 445. The maximum absolute atomic E-state index is 11.8. The van der Waals surface area contributed by atoms with Crippen LogP contribution in [0.25, 0.3) is 0 Å². The Labute approximate surface area is 101 Å². The second-order valence-electron chi connectivity index (χ2n) is 5.59. The van der Waals surface area contributed by atoms with E-state index in [-0.39, 0.29) is 11.4 Å². The van der Waals surface area contributed by atoms with Crippen LogP contribution in [-0.4, -0.2) is 23.0 Å². The van der Waals surface area contributed by atoms with Crippen LogP contribution in [0, 0.1) is 0 Å². The van der Waals surface area contributed by atoms with Gasteiger partial charge in [0.2, 0.25) is 0 Å². The van der Waals surface area contributed by atoms with Crippen LogP contribution in [0.2, 0.25) is 0 Å². The molecule has 0 bridgehead atoms. The topological polar surface area (TPSA) is 52.1 Å². The number of hydrogen-bond acceptors (Lipinski definition) is 4. The summed E-state index contributed by atoms with van der Waals surface area (Å²) < 4.78 is 4.84. The zero-order valence-corrected chi connectivity index (χ0v) is 10.8. The van der Waals surface area contributed by atoms with Gasteiger partial charge in [0.25, 0.3) is 0 Å². The van der Waals surface area contributed by atoms with Gasteiger partial charge in [0.05, 0.1) is 7.11 Å². The van der Waals surface area contributed by atoms with Crippen molar-refractivity contribution in [2.24, 2.45) is 0 Å². The van der Waals surface area contributed by atoms with E-state index in [0.29, 0.717) is 5.82 Å². The minimum Gasteiger partial charge on any atom is -0.468 e. The van der Waals surface area contributed by atoms with E-state index in [1.54, 1.807) is 6.20 Å². The van der Waals surface area contributed by atoms with E-state index in [1.165, 1.54) is 7.11 Å². The van der Waals surface area contributed by atoms with Crippen LogP contribution in [0.4, 0.5) is 0 Å². The molecule has 1 heterocycles. The molecule has 1 aromatic heterocycles. The first-order chi connectivity index (χ1) is 7.90. The van der Waals surface area contributed by atoms with Crippen molar-refractivity contribution in [2.75, 3.05) is 7.11 Å². The minimum atomic E-state index is -0.573. The molecule has 0 radical (unpaired) electrons. The molecule has 4 heteroatoms. The largest absolute Gasteiger partial charge is 0.468 e. The van der Waals surface area contributed by atoms with Crippen molar-refractivity contribution in [3.05, 3.63) is 23.8 Å².